The van der Waals surface area contributed by atoms with Crippen molar-refractivity contribution in [3.63, 3.8) is 0 Å². The molecule has 2 aliphatic rings. The van der Waals surface area contributed by atoms with Crippen LogP contribution in [-0.4, -0.2) is 42.3 Å². The van der Waals surface area contributed by atoms with Crippen LogP contribution in [0.3, 0.4) is 0 Å². The summed E-state index contributed by atoms with van der Waals surface area (Å²) in [5.74, 6) is -1.60. The van der Waals surface area contributed by atoms with Gasteiger partial charge in [-0.2, -0.15) is 0 Å². The van der Waals surface area contributed by atoms with Crippen molar-refractivity contribution in [2.75, 3.05) is 11.4 Å². The Kier molecular flexibility index (Phi) is 7.49. The monoisotopic (exact) mass is 510 g/mol. The molecule has 0 aromatic heterocycles. The van der Waals surface area contributed by atoms with Gasteiger partial charge in [-0.25, -0.2) is 0 Å². The quantitative estimate of drug-likeness (QED) is 0.454. The molecule has 3 aromatic rings. The first-order valence-corrected chi connectivity index (χ1v) is 12.8. The zero-order valence-corrected chi connectivity index (χ0v) is 20.9. The molecule has 3 aromatic carbocycles. The molecule has 0 aliphatic carbocycles. The fraction of sp³-hybridized carbons (Fsp3) is 0.267. The Morgan fingerprint density at radius 2 is 1.58 bits per heavy atom. The van der Waals surface area contributed by atoms with Gasteiger partial charge in [0.1, 0.15) is 18.6 Å². The molecule has 8 nitrogen and oxygen atoms in total. The SMILES string of the molecule is O=C(CN1C(=O)[C@H](NC(=O)[C@@H]2CCC(=O)N2)[C@@H](c2ccccc2)Cc2ccccc21)NCc1ccccc1. The van der Waals surface area contributed by atoms with E-state index in [9.17, 15) is 19.2 Å². The van der Waals surface area contributed by atoms with Gasteiger partial charge >= 0.3 is 0 Å². The second-order valence-electron chi connectivity index (χ2n) is 9.68. The van der Waals surface area contributed by atoms with Crippen LogP contribution in [0.25, 0.3) is 0 Å². The summed E-state index contributed by atoms with van der Waals surface area (Å²) in [6.07, 6.45) is 1.15. The minimum atomic E-state index is -0.920. The average Bonchev–Trinajstić information content (AvgIpc) is 3.35. The fourth-order valence-corrected chi connectivity index (χ4v) is 5.16. The Balaban J connectivity index is 1.44. The second-order valence-corrected chi connectivity index (χ2v) is 9.68. The number of nitrogens with zero attached hydrogens (tertiary/aromatic N) is 1. The van der Waals surface area contributed by atoms with Crippen LogP contribution in [0.4, 0.5) is 5.69 Å². The van der Waals surface area contributed by atoms with Crippen LogP contribution in [0.5, 0.6) is 0 Å². The van der Waals surface area contributed by atoms with Crippen molar-refractivity contribution >= 4 is 29.3 Å². The van der Waals surface area contributed by atoms with Gasteiger partial charge in [0.2, 0.25) is 17.7 Å². The lowest BCUT2D eigenvalue weighted by molar-refractivity contribution is -0.130. The third kappa shape index (κ3) is 5.59. The van der Waals surface area contributed by atoms with Crippen molar-refractivity contribution in [3.8, 4) is 0 Å². The molecule has 3 N–H and O–H groups in total. The van der Waals surface area contributed by atoms with Gasteiger partial charge in [-0.05, 0) is 35.6 Å². The van der Waals surface area contributed by atoms with E-state index in [2.05, 4.69) is 16.0 Å². The molecule has 5 rings (SSSR count). The highest BCUT2D eigenvalue weighted by atomic mass is 16.2. The van der Waals surface area contributed by atoms with Gasteiger partial charge in [-0.3, -0.25) is 19.2 Å². The Labute approximate surface area is 221 Å². The van der Waals surface area contributed by atoms with Crippen LogP contribution in [0.15, 0.2) is 84.9 Å². The number of carbonyl (C=O) groups is 4. The minimum Gasteiger partial charge on any atom is -0.350 e. The normalized spacial score (nSPS) is 20.7. The predicted octanol–water partition coefficient (Wildman–Crippen LogP) is 2.44. The summed E-state index contributed by atoms with van der Waals surface area (Å²) in [4.78, 5) is 53.6. The molecule has 4 amide bonds. The van der Waals surface area contributed by atoms with Crippen molar-refractivity contribution in [2.45, 2.75) is 43.8 Å². The molecule has 0 saturated carbocycles. The maximum Gasteiger partial charge on any atom is 0.250 e. The van der Waals surface area contributed by atoms with Crippen LogP contribution >= 0.6 is 0 Å². The summed E-state index contributed by atoms with van der Waals surface area (Å²) >= 11 is 0. The number of fused-ring (bicyclic) bond motifs is 1. The van der Waals surface area contributed by atoms with E-state index >= 15 is 0 Å². The van der Waals surface area contributed by atoms with Crippen molar-refractivity contribution < 1.29 is 19.2 Å². The first-order valence-electron chi connectivity index (χ1n) is 12.8. The highest BCUT2D eigenvalue weighted by Crippen LogP contribution is 2.35. The molecule has 0 spiro atoms. The Hall–Kier alpha value is -4.46. The zero-order valence-electron chi connectivity index (χ0n) is 20.9. The number of anilines is 1. The van der Waals surface area contributed by atoms with Crippen LogP contribution in [0.2, 0.25) is 0 Å². The van der Waals surface area contributed by atoms with E-state index in [1.165, 1.54) is 4.90 Å². The summed E-state index contributed by atoms with van der Waals surface area (Å²) in [7, 11) is 0. The van der Waals surface area contributed by atoms with E-state index < -0.39 is 18.0 Å². The van der Waals surface area contributed by atoms with E-state index in [1.807, 2.05) is 84.9 Å². The molecule has 0 radical (unpaired) electrons. The molecule has 1 fully saturated rings. The topological polar surface area (TPSA) is 108 Å². The zero-order chi connectivity index (χ0) is 26.5. The molecule has 0 bridgehead atoms. The Morgan fingerprint density at radius 3 is 2.29 bits per heavy atom. The van der Waals surface area contributed by atoms with Gasteiger partial charge in [0, 0.05) is 24.6 Å². The standard InChI is InChI=1S/C30H30N4O4/c35-26-16-15-24(32-26)29(37)33-28-23(21-11-5-2-6-12-21)17-22-13-7-8-14-25(22)34(30(28)38)19-27(36)31-18-20-9-3-1-4-10-20/h1-14,23-24,28H,15-19H2,(H,31,36)(H,32,35)(H,33,37)/t23-,24+,28-/m1/s1. The Bertz CT molecular complexity index is 1330. The minimum absolute atomic E-state index is 0.180. The number of hydrogen-bond donors (Lipinski definition) is 3. The lowest BCUT2D eigenvalue weighted by Gasteiger charge is -2.30. The molecular weight excluding hydrogens is 480 g/mol. The number of carbonyl (C=O) groups excluding carboxylic acids is 4. The van der Waals surface area contributed by atoms with Crippen LogP contribution in [0.1, 0.15) is 35.4 Å². The maximum atomic E-state index is 14.2. The molecule has 38 heavy (non-hydrogen) atoms. The lowest BCUT2D eigenvalue weighted by Crippen LogP contribution is -2.55. The number of benzene rings is 3. The van der Waals surface area contributed by atoms with Crippen molar-refractivity contribution in [2.24, 2.45) is 0 Å². The maximum absolute atomic E-state index is 14.2. The van der Waals surface area contributed by atoms with Crippen molar-refractivity contribution in [3.05, 3.63) is 102 Å². The van der Waals surface area contributed by atoms with E-state index in [0.29, 0.717) is 25.1 Å². The smallest absolute Gasteiger partial charge is 0.250 e. The van der Waals surface area contributed by atoms with Gasteiger partial charge < -0.3 is 20.9 Å². The summed E-state index contributed by atoms with van der Waals surface area (Å²) < 4.78 is 0. The summed E-state index contributed by atoms with van der Waals surface area (Å²) in [6, 6.07) is 25.1. The molecule has 194 valence electrons. The molecular formula is C30H30N4O4. The van der Waals surface area contributed by atoms with Gasteiger partial charge in [-0.15, -0.1) is 0 Å². The van der Waals surface area contributed by atoms with E-state index in [1.54, 1.807) is 0 Å². The largest absolute Gasteiger partial charge is 0.350 e. The van der Waals surface area contributed by atoms with Crippen molar-refractivity contribution in [1.82, 2.24) is 16.0 Å². The predicted molar refractivity (Wildman–Crippen MR) is 143 cm³/mol. The van der Waals surface area contributed by atoms with E-state index in [-0.39, 0.29) is 36.6 Å². The number of rotatable bonds is 7. The van der Waals surface area contributed by atoms with Gasteiger partial charge in [0.15, 0.2) is 0 Å². The molecule has 2 aliphatic heterocycles. The first kappa shape index (κ1) is 25.2. The van der Waals surface area contributed by atoms with Crippen LogP contribution in [0, 0.1) is 0 Å². The molecule has 1 saturated heterocycles. The average molecular weight is 511 g/mol. The third-order valence-electron chi connectivity index (χ3n) is 7.13. The number of hydrogen-bond acceptors (Lipinski definition) is 4. The second kappa shape index (κ2) is 11.3. The third-order valence-corrected chi connectivity index (χ3v) is 7.13. The molecule has 8 heteroatoms. The number of amides is 4. The molecule has 2 heterocycles. The van der Waals surface area contributed by atoms with Gasteiger partial charge in [0.05, 0.1) is 0 Å². The summed E-state index contributed by atoms with van der Waals surface area (Å²) in [6.45, 7) is 0.161. The highest BCUT2D eigenvalue weighted by molar-refractivity contribution is 6.05. The van der Waals surface area contributed by atoms with Crippen molar-refractivity contribution in [1.29, 1.82) is 0 Å². The van der Waals surface area contributed by atoms with Gasteiger partial charge in [-0.1, -0.05) is 78.9 Å². The van der Waals surface area contributed by atoms with Crippen LogP contribution < -0.4 is 20.9 Å². The number of nitrogens with one attached hydrogen (secondary N) is 3. The van der Waals surface area contributed by atoms with Crippen LogP contribution in [-0.2, 0) is 32.1 Å². The van der Waals surface area contributed by atoms with E-state index in [4.69, 9.17) is 0 Å². The number of para-hydroxylation sites is 1. The van der Waals surface area contributed by atoms with E-state index in [0.717, 1.165) is 16.7 Å². The van der Waals surface area contributed by atoms with Gasteiger partial charge in [0.25, 0.3) is 5.91 Å². The molecule has 0 unspecified atom stereocenters. The fourth-order valence-electron chi connectivity index (χ4n) is 5.16. The lowest BCUT2D eigenvalue weighted by atomic mass is 9.86. The summed E-state index contributed by atoms with van der Waals surface area (Å²) in [5.41, 5.74) is 3.43. The summed E-state index contributed by atoms with van der Waals surface area (Å²) in [5, 5.41) is 8.52. The molecule has 3 atom stereocenters. The highest BCUT2D eigenvalue weighted by Gasteiger charge is 2.41. The first-order chi connectivity index (χ1) is 18.5. The Morgan fingerprint density at radius 1 is 0.895 bits per heavy atom.